The number of carbonyl (C=O) groups is 1. The number of aromatic nitrogens is 3. The number of nitrogens with zero attached hydrogens (tertiary/aromatic N) is 2. The Hall–Kier alpha value is -2.60. The third-order valence-corrected chi connectivity index (χ3v) is 5.62. The number of nitrogens with one attached hydrogen (secondary N) is 1. The zero-order valence-corrected chi connectivity index (χ0v) is 15.7. The summed E-state index contributed by atoms with van der Waals surface area (Å²) in [6.45, 7) is 0. The molecule has 4 rings (SSSR count). The van der Waals surface area contributed by atoms with Gasteiger partial charge in [0.1, 0.15) is 0 Å². The lowest BCUT2D eigenvalue weighted by molar-refractivity contribution is -0.142. The molecule has 0 aliphatic heterocycles. The molecule has 2 heterocycles. The van der Waals surface area contributed by atoms with Crippen molar-refractivity contribution in [1.82, 2.24) is 15.0 Å². The molecule has 7 heteroatoms. The summed E-state index contributed by atoms with van der Waals surface area (Å²) in [5.74, 6) is -0.452. The van der Waals surface area contributed by atoms with Gasteiger partial charge in [0, 0.05) is 5.56 Å². The second-order valence-electron chi connectivity index (χ2n) is 6.94. The Balaban J connectivity index is 1.56. The van der Waals surface area contributed by atoms with Crippen LogP contribution < -0.4 is 4.74 Å². The van der Waals surface area contributed by atoms with E-state index in [2.05, 4.69) is 27.1 Å². The fourth-order valence-corrected chi connectivity index (χ4v) is 4.04. The molecular weight excluding hydrogens is 366 g/mol. The van der Waals surface area contributed by atoms with E-state index in [1.54, 1.807) is 13.2 Å². The summed E-state index contributed by atoms with van der Waals surface area (Å²) in [6, 6.07) is 10.4. The number of H-pyrrole nitrogens is 1. The van der Waals surface area contributed by atoms with Crippen LogP contribution in [0.4, 0.5) is 0 Å². The van der Waals surface area contributed by atoms with Crippen LogP contribution >= 0.6 is 11.6 Å². The van der Waals surface area contributed by atoms with Crippen molar-refractivity contribution in [2.75, 3.05) is 7.11 Å². The van der Waals surface area contributed by atoms with Crippen LogP contribution in [0.25, 0.3) is 22.4 Å². The maximum absolute atomic E-state index is 11.1. The first-order chi connectivity index (χ1) is 13.0. The molecule has 1 aliphatic rings. The van der Waals surface area contributed by atoms with Crippen LogP contribution in [0.1, 0.15) is 37.2 Å². The first kappa shape index (κ1) is 17.8. The number of carboxylic acids is 1. The zero-order valence-electron chi connectivity index (χ0n) is 14.9. The second-order valence-corrected chi connectivity index (χ2v) is 7.35. The predicted octanol–water partition coefficient (Wildman–Crippen LogP) is 4.65. The summed E-state index contributed by atoms with van der Waals surface area (Å²) < 4.78 is 5.10. The van der Waals surface area contributed by atoms with E-state index >= 15 is 0 Å². The van der Waals surface area contributed by atoms with Crippen LogP contribution in [0, 0.1) is 5.92 Å². The molecule has 0 unspecified atom stereocenters. The van der Waals surface area contributed by atoms with Gasteiger partial charge < -0.3 is 14.8 Å². The molecule has 1 aromatic carbocycles. The summed E-state index contributed by atoms with van der Waals surface area (Å²) in [5.41, 5.74) is 4.13. The van der Waals surface area contributed by atoms with Gasteiger partial charge in [0.15, 0.2) is 5.65 Å². The van der Waals surface area contributed by atoms with Gasteiger partial charge >= 0.3 is 5.97 Å². The average molecular weight is 386 g/mol. The largest absolute Gasteiger partial charge is 0.481 e. The summed E-state index contributed by atoms with van der Waals surface area (Å²) in [5, 5.41) is 9.69. The highest BCUT2D eigenvalue weighted by Gasteiger charge is 2.26. The number of pyridine rings is 1. The van der Waals surface area contributed by atoms with Crippen molar-refractivity contribution in [3.05, 3.63) is 40.9 Å². The molecule has 2 N–H and O–H groups in total. The van der Waals surface area contributed by atoms with Crippen LogP contribution in [-0.4, -0.2) is 33.1 Å². The van der Waals surface area contributed by atoms with Gasteiger partial charge in [-0.3, -0.25) is 4.79 Å². The quantitative estimate of drug-likeness (QED) is 0.682. The van der Waals surface area contributed by atoms with Crippen LogP contribution in [0.3, 0.4) is 0 Å². The monoisotopic (exact) mass is 385 g/mol. The zero-order chi connectivity index (χ0) is 19.0. The van der Waals surface area contributed by atoms with Crippen molar-refractivity contribution in [3.63, 3.8) is 0 Å². The molecule has 1 fully saturated rings. The predicted molar refractivity (Wildman–Crippen MR) is 103 cm³/mol. The van der Waals surface area contributed by atoms with Crippen molar-refractivity contribution in [2.24, 2.45) is 5.92 Å². The topological polar surface area (TPSA) is 88.1 Å². The Kier molecular flexibility index (Phi) is 4.74. The van der Waals surface area contributed by atoms with Gasteiger partial charge in [-0.1, -0.05) is 35.9 Å². The maximum Gasteiger partial charge on any atom is 0.306 e. The standard InChI is InChI=1S/C20H20ClN3O3/c1-27-20-22-16-10-15(21)17(23-18(16)24-20)13-6-2-11(3-7-13)12-4-8-14(9-5-12)19(25)26/h2-3,6-7,10,12,14H,4-5,8-9H2,1H3,(H,25,26)(H,22,23,24)/t12-,14-. The molecule has 6 nitrogen and oxygen atoms in total. The summed E-state index contributed by atoms with van der Waals surface area (Å²) in [6.07, 6.45) is 3.31. The van der Waals surface area contributed by atoms with Gasteiger partial charge in [0.25, 0.3) is 6.01 Å². The third-order valence-electron chi connectivity index (χ3n) is 5.33. The van der Waals surface area contributed by atoms with Crippen LogP contribution in [0.5, 0.6) is 6.01 Å². The molecule has 1 aliphatic carbocycles. The number of benzene rings is 1. The summed E-state index contributed by atoms with van der Waals surface area (Å²) in [7, 11) is 1.54. The number of rotatable bonds is 4. The first-order valence-corrected chi connectivity index (χ1v) is 9.36. The third kappa shape index (κ3) is 3.49. The van der Waals surface area contributed by atoms with Crippen molar-refractivity contribution >= 4 is 28.7 Å². The SMILES string of the molecule is COc1nc2nc(-c3ccc([C@H]4CC[C@H](C(=O)O)CC4)cc3)c(Cl)cc2[nH]1. The van der Waals surface area contributed by atoms with Gasteiger partial charge in [-0.25, -0.2) is 4.98 Å². The highest BCUT2D eigenvalue weighted by atomic mass is 35.5. The van der Waals surface area contributed by atoms with Gasteiger partial charge in [-0.05, 0) is 43.2 Å². The normalized spacial score (nSPS) is 19.9. The molecule has 0 bridgehead atoms. The van der Waals surface area contributed by atoms with E-state index in [4.69, 9.17) is 21.4 Å². The molecule has 0 amide bonds. The molecule has 1 saturated carbocycles. The minimum atomic E-state index is -0.671. The van der Waals surface area contributed by atoms with E-state index < -0.39 is 5.97 Å². The highest BCUT2D eigenvalue weighted by molar-refractivity contribution is 6.33. The van der Waals surface area contributed by atoms with Gasteiger partial charge in [-0.15, -0.1) is 0 Å². The number of halogens is 1. The van der Waals surface area contributed by atoms with E-state index in [0.29, 0.717) is 28.3 Å². The number of hydrogen-bond acceptors (Lipinski definition) is 4. The van der Waals surface area contributed by atoms with Crippen LogP contribution in [-0.2, 0) is 4.79 Å². The minimum Gasteiger partial charge on any atom is -0.481 e. The number of aliphatic carboxylic acids is 1. The molecule has 0 radical (unpaired) electrons. The van der Waals surface area contributed by atoms with E-state index in [-0.39, 0.29) is 5.92 Å². The Labute approximate surface area is 161 Å². The molecule has 0 spiro atoms. The Morgan fingerprint density at radius 3 is 2.52 bits per heavy atom. The lowest BCUT2D eigenvalue weighted by atomic mass is 9.78. The fraction of sp³-hybridized carbons (Fsp3) is 0.350. The number of imidazole rings is 1. The number of methoxy groups -OCH3 is 1. The molecule has 0 saturated heterocycles. The second kappa shape index (κ2) is 7.19. The lowest BCUT2D eigenvalue weighted by Gasteiger charge is -2.26. The number of hydrogen-bond donors (Lipinski definition) is 2. The molecule has 2 aromatic heterocycles. The molecule has 140 valence electrons. The highest BCUT2D eigenvalue weighted by Crippen LogP contribution is 2.37. The maximum atomic E-state index is 11.1. The van der Waals surface area contributed by atoms with Crippen LogP contribution in [0.2, 0.25) is 5.02 Å². The lowest BCUT2D eigenvalue weighted by Crippen LogP contribution is -2.20. The number of ether oxygens (including phenoxy) is 1. The van der Waals surface area contributed by atoms with E-state index in [0.717, 1.165) is 36.8 Å². The van der Waals surface area contributed by atoms with Gasteiger partial charge in [0.05, 0.1) is 29.3 Å². The van der Waals surface area contributed by atoms with E-state index in [1.807, 2.05) is 12.1 Å². The van der Waals surface area contributed by atoms with Crippen molar-refractivity contribution in [1.29, 1.82) is 0 Å². The first-order valence-electron chi connectivity index (χ1n) is 8.98. The molecule has 0 atom stereocenters. The molecule has 3 aromatic rings. The van der Waals surface area contributed by atoms with Crippen molar-refractivity contribution < 1.29 is 14.6 Å². The van der Waals surface area contributed by atoms with Crippen LogP contribution in [0.15, 0.2) is 30.3 Å². The van der Waals surface area contributed by atoms with E-state index in [1.165, 1.54) is 5.56 Å². The number of aromatic amines is 1. The molecule has 27 heavy (non-hydrogen) atoms. The summed E-state index contributed by atoms with van der Waals surface area (Å²) >= 11 is 6.42. The van der Waals surface area contributed by atoms with Crippen molar-refractivity contribution in [2.45, 2.75) is 31.6 Å². The van der Waals surface area contributed by atoms with Crippen molar-refractivity contribution in [3.8, 4) is 17.3 Å². The Morgan fingerprint density at radius 1 is 1.19 bits per heavy atom. The number of fused-ring (bicyclic) bond motifs is 1. The smallest absolute Gasteiger partial charge is 0.306 e. The van der Waals surface area contributed by atoms with E-state index in [9.17, 15) is 4.79 Å². The Morgan fingerprint density at radius 2 is 1.89 bits per heavy atom. The average Bonchev–Trinajstić information content (AvgIpc) is 3.09. The number of carboxylic acid groups (broad SMARTS) is 1. The molecular formula is C20H20ClN3O3. The minimum absolute atomic E-state index is 0.193. The fourth-order valence-electron chi connectivity index (χ4n) is 3.78. The van der Waals surface area contributed by atoms with Gasteiger partial charge in [0.2, 0.25) is 0 Å². The Bertz CT molecular complexity index is 976. The summed E-state index contributed by atoms with van der Waals surface area (Å²) in [4.78, 5) is 23.0. The van der Waals surface area contributed by atoms with Gasteiger partial charge in [-0.2, -0.15) is 4.98 Å².